The number of hydrogen-bond donors (Lipinski definition) is 2. The van der Waals surface area contributed by atoms with Crippen molar-refractivity contribution in [2.75, 3.05) is 11.5 Å². The van der Waals surface area contributed by atoms with Crippen LogP contribution in [0.4, 0.5) is 5.95 Å². The number of anilines is 1. The maximum absolute atomic E-state index is 10.6. The van der Waals surface area contributed by atoms with Gasteiger partial charge >= 0.3 is 5.97 Å². The molecule has 2 rings (SSSR count). The summed E-state index contributed by atoms with van der Waals surface area (Å²) in [4.78, 5) is 13.0. The number of thioether (sulfide) groups is 1. The number of carboxylic acids is 1. The highest BCUT2D eigenvalue weighted by Gasteiger charge is 2.13. The molecule has 0 saturated heterocycles. The van der Waals surface area contributed by atoms with Crippen LogP contribution in [0.15, 0.2) is 11.2 Å². The number of nitrogens with two attached hydrogens (primary N) is 1. The molecule has 2 heterocycles. The van der Waals surface area contributed by atoms with Crippen LogP contribution in [0.3, 0.4) is 0 Å². The molecule has 0 atom stereocenters. The van der Waals surface area contributed by atoms with E-state index in [1.54, 1.807) is 15.9 Å². The second kappa shape index (κ2) is 5.62. The standard InChI is InChI=1S/C11H14N4O2S2/c1-6-3-8(19-7(6)2)4-15-10(12)13-14-11(15)18-5-9(16)17/h3H,4-5H2,1-2H3,(H2,12,13)(H,16,17). The lowest BCUT2D eigenvalue weighted by molar-refractivity contribution is -0.133. The van der Waals surface area contributed by atoms with Gasteiger partial charge in [-0.25, -0.2) is 0 Å². The highest BCUT2D eigenvalue weighted by atomic mass is 32.2. The van der Waals surface area contributed by atoms with Crippen LogP contribution in [0.5, 0.6) is 0 Å². The zero-order chi connectivity index (χ0) is 14.0. The van der Waals surface area contributed by atoms with Crippen molar-refractivity contribution in [2.24, 2.45) is 0 Å². The quantitative estimate of drug-likeness (QED) is 0.817. The lowest BCUT2D eigenvalue weighted by Crippen LogP contribution is -2.06. The molecule has 102 valence electrons. The van der Waals surface area contributed by atoms with Gasteiger partial charge in [0, 0.05) is 9.75 Å². The third kappa shape index (κ3) is 3.27. The molecule has 0 aliphatic heterocycles. The van der Waals surface area contributed by atoms with Gasteiger partial charge in [-0.2, -0.15) is 0 Å². The summed E-state index contributed by atoms with van der Waals surface area (Å²) in [7, 11) is 0. The van der Waals surface area contributed by atoms with E-state index >= 15 is 0 Å². The van der Waals surface area contributed by atoms with Gasteiger partial charge in [0.15, 0.2) is 5.16 Å². The monoisotopic (exact) mass is 298 g/mol. The topological polar surface area (TPSA) is 94.0 Å². The molecule has 0 radical (unpaired) electrons. The number of carboxylic acid groups (broad SMARTS) is 1. The summed E-state index contributed by atoms with van der Waals surface area (Å²) in [5.74, 6) is -0.641. The molecule has 0 aliphatic carbocycles. The smallest absolute Gasteiger partial charge is 0.313 e. The summed E-state index contributed by atoms with van der Waals surface area (Å²) in [5.41, 5.74) is 7.02. The molecular formula is C11H14N4O2S2. The highest BCUT2D eigenvalue weighted by molar-refractivity contribution is 7.99. The Labute approximate surface area is 118 Å². The lowest BCUT2D eigenvalue weighted by Gasteiger charge is -2.05. The van der Waals surface area contributed by atoms with Crippen molar-refractivity contribution in [3.63, 3.8) is 0 Å². The second-order valence-electron chi connectivity index (χ2n) is 4.06. The number of rotatable bonds is 5. The van der Waals surface area contributed by atoms with Crippen LogP contribution >= 0.6 is 23.1 Å². The summed E-state index contributed by atoms with van der Waals surface area (Å²) in [6.45, 7) is 4.70. The Morgan fingerprint density at radius 1 is 1.53 bits per heavy atom. The van der Waals surface area contributed by atoms with Gasteiger partial charge in [0.05, 0.1) is 12.3 Å². The Morgan fingerprint density at radius 2 is 2.26 bits per heavy atom. The van der Waals surface area contributed by atoms with Gasteiger partial charge in [-0.15, -0.1) is 21.5 Å². The summed E-state index contributed by atoms with van der Waals surface area (Å²) >= 11 is 2.82. The summed E-state index contributed by atoms with van der Waals surface area (Å²) in [6.07, 6.45) is 0. The average Bonchev–Trinajstić information content (AvgIpc) is 2.83. The maximum Gasteiger partial charge on any atom is 0.313 e. The first-order chi connectivity index (χ1) is 8.97. The largest absolute Gasteiger partial charge is 0.481 e. The number of nitrogens with zero attached hydrogens (tertiary/aromatic N) is 3. The molecule has 0 aliphatic rings. The van der Waals surface area contributed by atoms with Gasteiger partial charge in [0.25, 0.3) is 0 Å². The molecule has 0 fully saturated rings. The van der Waals surface area contributed by atoms with Crippen molar-refractivity contribution in [3.8, 4) is 0 Å². The van der Waals surface area contributed by atoms with E-state index in [-0.39, 0.29) is 5.75 Å². The Kier molecular flexibility index (Phi) is 4.11. The molecule has 8 heteroatoms. The SMILES string of the molecule is Cc1cc(Cn2c(N)nnc2SCC(=O)O)sc1C. The molecule has 3 N–H and O–H groups in total. The molecule has 0 saturated carbocycles. The van der Waals surface area contributed by atoms with Crippen molar-refractivity contribution < 1.29 is 9.90 Å². The van der Waals surface area contributed by atoms with E-state index < -0.39 is 5.97 Å². The average molecular weight is 298 g/mol. The van der Waals surface area contributed by atoms with E-state index in [0.29, 0.717) is 17.6 Å². The number of thiophene rings is 1. The molecule has 2 aromatic heterocycles. The van der Waals surface area contributed by atoms with E-state index in [2.05, 4.69) is 30.1 Å². The first kappa shape index (κ1) is 13.9. The molecule has 6 nitrogen and oxygen atoms in total. The van der Waals surface area contributed by atoms with Crippen molar-refractivity contribution in [1.82, 2.24) is 14.8 Å². The van der Waals surface area contributed by atoms with Crippen LogP contribution in [-0.4, -0.2) is 31.6 Å². The summed E-state index contributed by atoms with van der Waals surface area (Å²) in [6, 6.07) is 2.10. The van der Waals surface area contributed by atoms with E-state index in [1.807, 2.05) is 0 Å². The van der Waals surface area contributed by atoms with Crippen LogP contribution in [0.25, 0.3) is 0 Å². The van der Waals surface area contributed by atoms with Gasteiger partial charge in [0.2, 0.25) is 5.95 Å². The normalized spacial score (nSPS) is 10.8. The second-order valence-corrected chi connectivity index (χ2v) is 6.34. The Balaban J connectivity index is 2.19. The minimum absolute atomic E-state index is 0.0549. The van der Waals surface area contributed by atoms with Crippen molar-refractivity contribution in [2.45, 2.75) is 25.5 Å². The van der Waals surface area contributed by atoms with Crippen molar-refractivity contribution >= 4 is 35.0 Å². The molecule has 0 bridgehead atoms. The summed E-state index contributed by atoms with van der Waals surface area (Å²) in [5, 5.41) is 16.9. The van der Waals surface area contributed by atoms with E-state index in [9.17, 15) is 4.79 Å². The number of aromatic nitrogens is 3. The Hall–Kier alpha value is -1.54. The Bertz CT molecular complexity index is 586. The number of aliphatic carboxylic acids is 1. The number of aryl methyl sites for hydroxylation is 2. The van der Waals surface area contributed by atoms with Gasteiger partial charge in [0.1, 0.15) is 0 Å². The molecule has 2 aromatic rings. The van der Waals surface area contributed by atoms with E-state index in [0.717, 1.165) is 16.6 Å². The van der Waals surface area contributed by atoms with Gasteiger partial charge in [-0.3, -0.25) is 9.36 Å². The van der Waals surface area contributed by atoms with E-state index in [4.69, 9.17) is 10.8 Å². The fraction of sp³-hybridized carbons (Fsp3) is 0.364. The predicted molar refractivity (Wildman–Crippen MR) is 75.7 cm³/mol. The summed E-state index contributed by atoms with van der Waals surface area (Å²) < 4.78 is 1.73. The number of hydrogen-bond acceptors (Lipinski definition) is 6. The fourth-order valence-electron chi connectivity index (χ4n) is 1.57. The Morgan fingerprint density at radius 3 is 2.84 bits per heavy atom. The molecule has 0 amide bonds. The molecule has 0 unspecified atom stereocenters. The molecule has 0 aromatic carbocycles. The fourth-order valence-corrected chi connectivity index (χ4v) is 3.27. The van der Waals surface area contributed by atoms with Gasteiger partial charge in [-0.1, -0.05) is 11.8 Å². The van der Waals surface area contributed by atoms with Crippen molar-refractivity contribution in [1.29, 1.82) is 0 Å². The number of nitrogen functional groups attached to an aromatic ring is 1. The molecule has 19 heavy (non-hydrogen) atoms. The number of carbonyl (C=O) groups is 1. The van der Waals surface area contributed by atoms with Crippen LogP contribution in [0.1, 0.15) is 15.3 Å². The van der Waals surface area contributed by atoms with Crippen LogP contribution in [0.2, 0.25) is 0 Å². The third-order valence-corrected chi connectivity index (χ3v) is 4.69. The predicted octanol–water partition coefficient (Wildman–Crippen LogP) is 1.76. The van der Waals surface area contributed by atoms with Crippen LogP contribution < -0.4 is 5.73 Å². The minimum atomic E-state index is -0.888. The minimum Gasteiger partial charge on any atom is -0.481 e. The first-order valence-corrected chi connectivity index (χ1v) is 7.36. The lowest BCUT2D eigenvalue weighted by atomic mass is 10.3. The highest BCUT2D eigenvalue weighted by Crippen LogP contribution is 2.25. The zero-order valence-corrected chi connectivity index (χ0v) is 12.2. The van der Waals surface area contributed by atoms with Crippen molar-refractivity contribution in [3.05, 3.63) is 21.4 Å². The van der Waals surface area contributed by atoms with Gasteiger partial charge in [-0.05, 0) is 25.5 Å². The molecular weight excluding hydrogens is 284 g/mol. The van der Waals surface area contributed by atoms with Gasteiger partial charge < -0.3 is 10.8 Å². The maximum atomic E-state index is 10.6. The van der Waals surface area contributed by atoms with Crippen LogP contribution in [-0.2, 0) is 11.3 Å². The molecule has 0 spiro atoms. The first-order valence-electron chi connectivity index (χ1n) is 5.56. The zero-order valence-electron chi connectivity index (χ0n) is 10.6. The van der Waals surface area contributed by atoms with E-state index in [1.165, 1.54) is 10.4 Å². The van der Waals surface area contributed by atoms with Crippen LogP contribution in [0, 0.1) is 13.8 Å². The third-order valence-electron chi connectivity index (χ3n) is 2.60.